The molecule has 3 aromatic rings. The van der Waals surface area contributed by atoms with Crippen LogP contribution in [0.3, 0.4) is 0 Å². The maximum absolute atomic E-state index is 9.49. The lowest BCUT2D eigenvalue weighted by Crippen LogP contribution is -2.09. The summed E-state index contributed by atoms with van der Waals surface area (Å²) in [6.45, 7) is 0. The molecule has 0 radical (unpaired) electrons. The lowest BCUT2D eigenvalue weighted by Gasteiger charge is -2.17. The summed E-state index contributed by atoms with van der Waals surface area (Å²) in [6, 6.07) is 14.8. The number of imidazole rings is 1. The van der Waals surface area contributed by atoms with Crippen LogP contribution in [0.1, 0.15) is 28.6 Å². The van der Waals surface area contributed by atoms with Gasteiger partial charge in [0.1, 0.15) is 17.6 Å². The van der Waals surface area contributed by atoms with Crippen molar-refractivity contribution in [2.75, 3.05) is 20.0 Å². The zero-order valence-corrected chi connectivity index (χ0v) is 15.1. The quantitative estimate of drug-likeness (QED) is 0.712. The Morgan fingerprint density at radius 2 is 1.73 bits per heavy atom. The average Bonchev–Trinajstić information content (AvgIpc) is 2.93. The first-order chi connectivity index (χ1) is 12.5. The molecule has 0 aliphatic rings. The van der Waals surface area contributed by atoms with Crippen molar-refractivity contribution in [2.45, 2.75) is 12.5 Å². The minimum Gasteiger partial charge on any atom is -0.508 e. The Morgan fingerprint density at radius 1 is 1.08 bits per heavy atom. The summed E-state index contributed by atoms with van der Waals surface area (Å²) < 4.78 is 12.8. The zero-order chi connectivity index (χ0) is 18.7. The van der Waals surface area contributed by atoms with Crippen molar-refractivity contribution < 1.29 is 14.6 Å². The van der Waals surface area contributed by atoms with Crippen LogP contribution < -0.4 is 10.5 Å². The third-order valence-electron chi connectivity index (χ3n) is 4.49. The van der Waals surface area contributed by atoms with Gasteiger partial charge in [-0.2, -0.15) is 0 Å². The maximum Gasteiger partial charge on any atom is 0.200 e. The minimum atomic E-state index is -0.337. The van der Waals surface area contributed by atoms with Crippen molar-refractivity contribution in [1.82, 2.24) is 9.55 Å². The molecular weight excluding hydrogens is 330 g/mol. The van der Waals surface area contributed by atoms with Crippen LogP contribution >= 0.6 is 0 Å². The van der Waals surface area contributed by atoms with Crippen LogP contribution in [0.2, 0.25) is 0 Å². The molecule has 0 aliphatic heterocycles. The fourth-order valence-electron chi connectivity index (χ4n) is 2.98. The number of phenolic OH excluding ortho intramolecular Hbond substituents is 1. The van der Waals surface area contributed by atoms with Crippen molar-refractivity contribution in [3.05, 3.63) is 71.0 Å². The van der Waals surface area contributed by atoms with E-state index in [0.717, 1.165) is 28.3 Å². The van der Waals surface area contributed by atoms with Gasteiger partial charge in [-0.05, 0) is 35.4 Å². The van der Waals surface area contributed by atoms with Gasteiger partial charge in [0.05, 0.1) is 12.8 Å². The number of hydrogen-bond donors (Lipinski definition) is 2. The van der Waals surface area contributed by atoms with Gasteiger partial charge in [-0.1, -0.05) is 24.3 Å². The lowest BCUT2D eigenvalue weighted by molar-refractivity contribution is 0.132. The molecule has 0 aliphatic carbocycles. The summed E-state index contributed by atoms with van der Waals surface area (Å²) in [6.07, 6.45) is 0.295. The lowest BCUT2D eigenvalue weighted by atomic mass is 10.0. The van der Waals surface area contributed by atoms with Crippen molar-refractivity contribution in [1.29, 1.82) is 0 Å². The fraction of sp³-hybridized carbons (Fsp3) is 0.250. The molecule has 136 valence electrons. The minimum absolute atomic E-state index is 0.242. The highest BCUT2D eigenvalue weighted by atomic mass is 16.5. The Morgan fingerprint density at radius 3 is 2.31 bits per heavy atom. The Hall–Kier alpha value is -2.99. The number of nitrogens with two attached hydrogens (primary N) is 1. The first-order valence-corrected chi connectivity index (χ1v) is 8.29. The molecule has 2 aromatic carbocycles. The molecule has 0 bridgehead atoms. The smallest absolute Gasteiger partial charge is 0.200 e. The second kappa shape index (κ2) is 7.49. The molecular formula is C20H23N3O3. The van der Waals surface area contributed by atoms with Gasteiger partial charge in [0.2, 0.25) is 0 Å². The van der Waals surface area contributed by atoms with Crippen LogP contribution in [0.5, 0.6) is 11.5 Å². The normalized spacial score (nSPS) is 12.1. The number of methoxy groups -OCH3 is 2. The third kappa shape index (κ3) is 3.50. The van der Waals surface area contributed by atoms with Gasteiger partial charge < -0.3 is 24.9 Å². The number of aromatic hydroxyl groups is 1. The summed E-state index contributed by atoms with van der Waals surface area (Å²) in [4.78, 5) is 4.55. The second-order valence-corrected chi connectivity index (χ2v) is 6.09. The van der Waals surface area contributed by atoms with Gasteiger partial charge in [-0.15, -0.1) is 0 Å². The first-order valence-electron chi connectivity index (χ1n) is 8.29. The third-order valence-corrected chi connectivity index (χ3v) is 4.49. The van der Waals surface area contributed by atoms with E-state index in [1.165, 1.54) is 0 Å². The molecule has 1 atom stereocenters. The van der Waals surface area contributed by atoms with Gasteiger partial charge in [0, 0.05) is 26.3 Å². The molecule has 3 N–H and O–H groups in total. The average molecular weight is 353 g/mol. The molecule has 1 aromatic heterocycles. The highest BCUT2D eigenvalue weighted by Crippen LogP contribution is 2.31. The van der Waals surface area contributed by atoms with E-state index in [1.807, 2.05) is 48.0 Å². The van der Waals surface area contributed by atoms with Gasteiger partial charge in [-0.25, -0.2) is 4.98 Å². The number of benzene rings is 2. The molecule has 6 nitrogen and oxygen atoms in total. The molecule has 26 heavy (non-hydrogen) atoms. The predicted molar refractivity (Wildman–Crippen MR) is 100 cm³/mol. The monoisotopic (exact) mass is 353 g/mol. The van der Waals surface area contributed by atoms with Crippen molar-refractivity contribution in [3.8, 4) is 11.5 Å². The standard InChI is InChI=1S/C20H23N3O3/c1-23-17(12-13-4-8-15(24)9-5-13)18(22-20(23)21)19(26-3)14-6-10-16(25-2)11-7-14/h4-11,19,24H,12H2,1-3H3,(H2,21,22). The Kier molecular flexibility index (Phi) is 5.14. The molecule has 0 saturated heterocycles. The van der Waals surface area contributed by atoms with Crippen LogP contribution in [0.4, 0.5) is 5.95 Å². The van der Waals surface area contributed by atoms with Crippen LogP contribution in [-0.2, 0) is 18.2 Å². The van der Waals surface area contributed by atoms with Crippen LogP contribution in [-0.4, -0.2) is 28.9 Å². The number of hydrogen-bond acceptors (Lipinski definition) is 5. The molecule has 0 spiro atoms. The van der Waals surface area contributed by atoms with Crippen LogP contribution in [0.25, 0.3) is 0 Å². The largest absolute Gasteiger partial charge is 0.508 e. The number of ether oxygens (including phenoxy) is 2. The van der Waals surface area contributed by atoms with E-state index in [-0.39, 0.29) is 11.9 Å². The van der Waals surface area contributed by atoms with Gasteiger partial charge in [-0.3, -0.25) is 0 Å². The van der Waals surface area contributed by atoms with E-state index in [9.17, 15) is 5.11 Å². The van der Waals surface area contributed by atoms with Crippen molar-refractivity contribution >= 4 is 5.95 Å². The Balaban J connectivity index is 1.99. The van der Waals surface area contributed by atoms with E-state index in [4.69, 9.17) is 15.2 Å². The number of rotatable bonds is 6. The van der Waals surface area contributed by atoms with E-state index in [2.05, 4.69) is 4.98 Å². The molecule has 0 fully saturated rings. The molecule has 6 heteroatoms. The van der Waals surface area contributed by atoms with Crippen molar-refractivity contribution in [3.63, 3.8) is 0 Å². The summed E-state index contributed by atoms with van der Waals surface area (Å²) in [5.41, 5.74) is 9.85. The number of aromatic nitrogens is 2. The van der Waals surface area contributed by atoms with E-state index in [0.29, 0.717) is 12.4 Å². The van der Waals surface area contributed by atoms with E-state index < -0.39 is 0 Å². The molecule has 1 unspecified atom stereocenters. The number of nitrogens with zero attached hydrogens (tertiary/aromatic N) is 2. The summed E-state index contributed by atoms with van der Waals surface area (Å²) >= 11 is 0. The topological polar surface area (TPSA) is 82.5 Å². The molecule has 1 heterocycles. The van der Waals surface area contributed by atoms with Gasteiger partial charge in [0.15, 0.2) is 5.95 Å². The number of nitrogen functional groups attached to an aromatic ring is 1. The van der Waals surface area contributed by atoms with Gasteiger partial charge in [0.25, 0.3) is 0 Å². The van der Waals surface area contributed by atoms with E-state index >= 15 is 0 Å². The summed E-state index contributed by atoms with van der Waals surface area (Å²) in [7, 11) is 5.18. The van der Waals surface area contributed by atoms with Gasteiger partial charge >= 0.3 is 0 Å². The Labute approximate surface area is 152 Å². The van der Waals surface area contributed by atoms with E-state index in [1.54, 1.807) is 26.4 Å². The predicted octanol–water partition coefficient (Wildman–Crippen LogP) is 3.04. The molecule has 0 saturated carbocycles. The molecule has 0 amide bonds. The summed E-state index contributed by atoms with van der Waals surface area (Å²) in [5.74, 6) is 1.46. The van der Waals surface area contributed by atoms with Crippen LogP contribution in [0.15, 0.2) is 48.5 Å². The Bertz CT molecular complexity index is 871. The SMILES string of the molecule is COc1ccc(C(OC)c2nc(N)n(C)c2Cc2ccc(O)cc2)cc1. The van der Waals surface area contributed by atoms with Crippen LogP contribution in [0, 0.1) is 0 Å². The zero-order valence-electron chi connectivity index (χ0n) is 15.1. The first kappa shape index (κ1) is 17.8. The number of phenols is 1. The highest BCUT2D eigenvalue weighted by molar-refractivity contribution is 5.40. The fourth-order valence-corrected chi connectivity index (χ4v) is 2.98. The second-order valence-electron chi connectivity index (χ2n) is 6.09. The molecule has 3 rings (SSSR count). The summed E-state index contributed by atoms with van der Waals surface area (Å²) in [5, 5.41) is 9.49. The maximum atomic E-state index is 9.49. The number of anilines is 1. The highest BCUT2D eigenvalue weighted by Gasteiger charge is 2.23. The van der Waals surface area contributed by atoms with Crippen molar-refractivity contribution in [2.24, 2.45) is 7.05 Å².